The van der Waals surface area contributed by atoms with Gasteiger partial charge in [0, 0.05) is 47.0 Å². The molecule has 3 aromatic carbocycles. The van der Waals surface area contributed by atoms with E-state index >= 15 is 0 Å². The first-order chi connectivity index (χ1) is 23.5. The smallest absolute Gasteiger partial charge is 0.326 e. The predicted octanol–water partition coefficient (Wildman–Crippen LogP) is 3.30. The van der Waals surface area contributed by atoms with Crippen LogP contribution in [0.4, 0.5) is 0 Å². The molecule has 0 fully saturated rings. The van der Waals surface area contributed by atoms with E-state index in [0.29, 0.717) is 0 Å². The molecule has 12 heteroatoms. The second-order valence-electron chi connectivity index (χ2n) is 12.8. The quantitative estimate of drug-likeness (QED) is 0.0837. The number of aliphatic carboxylic acids is 1. The molecule has 256 valence electrons. The number of para-hydroxylation sites is 2. The molecule has 0 radical (unpaired) electrons. The zero-order valence-corrected chi connectivity index (χ0v) is 27.4. The lowest BCUT2D eigenvalue weighted by Gasteiger charge is -2.26. The van der Waals surface area contributed by atoms with Crippen LogP contribution in [0.2, 0.25) is 0 Å². The molecule has 4 atom stereocenters. The van der Waals surface area contributed by atoms with Gasteiger partial charge in [-0.05, 0) is 59.7 Å². The largest absolute Gasteiger partial charge is 0.508 e. The molecule has 3 amide bonds. The van der Waals surface area contributed by atoms with Gasteiger partial charge in [0.25, 0.3) is 0 Å². The van der Waals surface area contributed by atoms with Gasteiger partial charge in [-0.1, -0.05) is 62.4 Å². The van der Waals surface area contributed by atoms with Crippen molar-refractivity contribution < 1.29 is 29.4 Å². The monoisotopic (exact) mass is 666 g/mol. The minimum absolute atomic E-state index is 0.00201. The number of carboxylic acid groups (broad SMARTS) is 1. The molecule has 5 aromatic rings. The summed E-state index contributed by atoms with van der Waals surface area (Å²) in [5, 5.41) is 29.6. The van der Waals surface area contributed by atoms with Crippen LogP contribution in [0.3, 0.4) is 0 Å². The molecular weight excluding hydrogens is 624 g/mol. The number of nitrogens with one attached hydrogen (secondary N) is 5. The van der Waals surface area contributed by atoms with Crippen molar-refractivity contribution >= 4 is 45.5 Å². The van der Waals surface area contributed by atoms with Gasteiger partial charge in [0.05, 0.1) is 6.04 Å². The number of carbonyl (C=O) groups is 4. The zero-order chi connectivity index (χ0) is 35.1. The summed E-state index contributed by atoms with van der Waals surface area (Å²) in [6, 6.07) is 16.9. The van der Waals surface area contributed by atoms with Crippen LogP contribution in [0.5, 0.6) is 5.75 Å². The van der Waals surface area contributed by atoms with Gasteiger partial charge >= 0.3 is 5.97 Å². The Morgan fingerprint density at radius 3 is 1.71 bits per heavy atom. The van der Waals surface area contributed by atoms with Crippen LogP contribution in [0.15, 0.2) is 85.2 Å². The molecule has 0 spiro atoms. The summed E-state index contributed by atoms with van der Waals surface area (Å²) in [5.74, 6) is -2.95. The number of aromatic amines is 2. The van der Waals surface area contributed by atoms with E-state index in [1.807, 2.05) is 62.4 Å². The highest BCUT2D eigenvalue weighted by Gasteiger charge is 2.32. The molecule has 0 saturated heterocycles. The summed E-state index contributed by atoms with van der Waals surface area (Å²) in [6.45, 7) is 3.81. The first kappa shape index (κ1) is 34.7. The molecule has 0 aliphatic carbocycles. The van der Waals surface area contributed by atoms with Crippen molar-refractivity contribution in [3.8, 4) is 5.75 Å². The highest BCUT2D eigenvalue weighted by atomic mass is 16.4. The molecule has 9 N–H and O–H groups in total. The van der Waals surface area contributed by atoms with Crippen molar-refractivity contribution in [1.29, 1.82) is 0 Å². The minimum Gasteiger partial charge on any atom is -0.508 e. The van der Waals surface area contributed by atoms with Crippen molar-refractivity contribution in [1.82, 2.24) is 25.9 Å². The first-order valence-electron chi connectivity index (χ1n) is 16.3. The molecule has 12 nitrogen and oxygen atoms in total. The number of hydrogen-bond acceptors (Lipinski definition) is 6. The van der Waals surface area contributed by atoms with Crippen molar-refractivity contribution in [3.63, 3.8) is 0 Å². The molecule has 0 saturated carbocycles. The Labute approximate surface area is 283 Å². The Bertz CT molecular complexity index is 1930. The third-order valence-electron chi connectivity index (χ3n) is 8.51. The second kappa shape index (κ2) is 15.5. The van der Waals surface area contributed by atoms with Crippen molar-refractivity contribution in [2.75, 3.05) is 0 Å². The van der Waals surface area contributed by atoms with Gasteiger partial charge in [-0.3, -0.25) is 14.4 Å². The summed E-state index contributed by atoms with van der Waals surface area (Å²) >= 11 is 0. The molecule has 2 aromatic heterocycles. The molecule has 0 aliphatic rings. The maximum Gasteiger partial charge on any atom is 0.326 e. The normalized spacial score (nSPS) is 13.9. The molecule has 0 bridgehead atoms. The number of fused-ring (bicyclic) bond motifs is 2. The van der Waals surface area contributed by atoms with E-state index in [9.17, 15) is 29.4 Å². The average Bonchev–Trinajstić information content (AvgIpc) is 3.68. The van der Waals surface area contributed by atoms with Gasteiger partial charge in [0.15, 0.2) is 0 Å². The lowest BCUT2D eigenvalue weighted by atomic mass is 9.99. The van der Waals surface area contributed by atoms with Gasteiger partial charge in [0.2, 0.25) is 17.7 Å². The van der Waals surface area contributed by atoms with E-state index in [2.05, 4.69) is 25.9 Å². The standard InChI is InChI=1S/C37H42N6O6/c1-21(2)15-31(41-34(45)28(38)16-22-11-13-25(44)14-12-22)35(46)42-32(17-23-19-39-29-9-5-3-7-26(23)29)36(47)43-33(37(48)49)18-24-20-40-30-10-6-4-8-27(24)30/h3-14,19-21,28,31-33,39-40,44H,15-18,38H2,1-2H3,(H,41,45)(H,42,46)(H,43,47)(H,48,49). The van der Waals surface area contributed by atoms with Gasteiger partial charge in [-0.25, -0.2) is 4.79 Å². The number of rotatable bonds is 15. The summed E-state index contributed by atoms with van der Waals surface area (Å²) in [6.07, 6.45) is 4.01. The molecule has 49 heavy (non-hydrogen) atoms. The summed E-state index contributed by atoms with van der Waals surface area (Å²) in [7, 11) is 0. The fourth-order valence-corrected chi connectivity index (χ4v) is 5.96. The van der Waals surface area contributed by atoms with Crippen LogP contribution >= 0.6 is 0 Å². The number of nitrogens with two attached hydrogens (primary N) is 1. The number of aromatic hydroxyl groups is 1. The number of hydrogen-bond donors (Lipinski definition) is 8. The third-order valence-corrected chi connectivity index (χ3v) is 8.51. The fraction of sp³-hybridized carbons (Fsp3) is 0.297. The predicted molar refractivity (Wildman–Crippen MR) is 187 cm³/mol. The van der Waals surface area contributed by atoms with Gasteiger partial charge in [0.1, 0.15) is 23.9 Å². The average molecular weight is 667 g/mol. The number of carbonyl (C=O) groups excluding carboxylic acids is 3. The minimum atomic E-state index is -1.28. The van der Waals surface area contributed by atoms with Crippen LogP contribution in [-0.2, 0) is 38.4 Å². The SMILES string of the molecule is CC(C)CC(NC(=O)C(N)Cc1ccc(O)cc1)C(=O)NC(Cc1c[nH]c2ccccc12)C(=O)NC(Cc1c[nH]c2ccccc12)C(=O)O. The Morgan fingerprint density at radius 1 is 0.673 bits per heavy atom. The number of benzene rings is 3. The number of carboxylic acids is 1. The molecular formula is C37H42N6O6. The van der Waals surface area contributed by atoms with Gasteiger partial charge in [-0.15, -0.1) is 0 Å². The Hall–Kier alpha value is -5.62. The number of aromatic nitrogens is 2. The van der Waals surface area contributed by atoms with Gasteiger partial charge in [-0.2, -0.15) is 0 Å². The Balaban J connectivity index is 1.36. The number of phenols is 1. The lowest BCUT2D eigenvalue weighted by Crippen LogP contribution is -2.58. The van der Waals surface area contributed by atoms with Crippen LogP contribution in [0.1, 0.15) is 37.0 Å². The highest BCUT2D eigenvalue weighted by molar-refractivity contribution is 5.95. The summed E-state index contributed by atoms with van der Waals surface area (Å²) in [4.78, 5) is 59.7. The third kappa shape index (κ3) is 8.85. The maximum atomic E-state index is 13.9. The summed E-state index contributed by atoms with van der Waals surface area (Å²) in [5.41, 5.74) is 10.1. The molecule has 5 rings (SSSR count). The van der Waals surface area contributed by atoms with E-state index in [1.54, 1.807) is 24.5 Å². The Morgan fingerprint density at radius 2 is 1.16 bits per heavy atom. The van der Waals surface area contributed by atoms with Crippen LogP contribution in [0, 0.1) is 5.92 Å². The fourth-order valence-electron chi connectivity index (χ4n) is 5.96. The highest BCUT2D eigenvalue weighted by Crippen LogP contribution is 2.21. The molecule has 2 heterocycles. The first-order valence-corrected chi connectivity index (χ1v) is 16.3. The topological polar surface area (TPSA) is 202 Å². The van der Waals surface area contributed by atoms with Crippen molar-refractivity contribution in [2.24, 2.45) is 11.7 Å². The van der Waals surface area contributed by atoms with E-state index in [0.717, 1.165) is 38.5 Å². The summed E-state index contributed by atoms with van der Waals surface area (Å²) < 4.78 is 0. The Kier molecular flexibility index (Phi) is 11.0. The van der Waals surface area contributed by atoms with Crippen molar-refractivity contribution in [2.45, 2.75) is 63.7 Å². The number of amides is 3. The van der Waals surface area contributed by atoms with E-state index in [1.165, 1.54) is 12.1 Å². The van der Waals surface area contributed by atoms with Crippen LogP contribution in [-0.4, -0.2) is 68.0 Å². The van der Waals surface area contributed by atoms with E-state index in [4.69, 9.17) is 5.73 Å². The zero-order valence-electron chi connectivity index (χ0n) is 27.4. The number of phenolic OH excluding ortho intramolecular Hbond substituents is 1. The maximum absolute atomic E-state index is 13.9. The second-order valence-corrected chi connectivity index (χ2v) is 12.8. The van der Waals surface area contributed by atoms with Crippen molar-refractivity contribution in [3.05, 3.63) is 102 Å². The molecule has 0 aliphatic heterocycles. The van der Waals surface area contributed by atoms with Gasteiger partial charge < -0.3 is 41.9 Å². The lowest BCUT2D eigenvalue weighted by molar-refractivity contribution is -0.142. The number of H-pyrrole nitrogens is 2. The van der Waals surface area contributed by atoms with Crippen LogP contribution < -0.4 is 21.7 Å². The van der Waals surface area contributed by atoms with E-state index in [-0.39, 0.29) is 37.4 Å². The van der Waals surface area contributed by atoms with E-state index < -0.39 is 47.9 Å². The molecule has 4 unspecified atom stereocenters. The van der Waals surface area contributed by atoms with Crippen LogP contribution in [0.25, 0.3) is 21.8 Å².